The van der Waals surface area contributed by atoms with Gasteiger partial charge < -0.3 is 10.0 Å². The van der Waals surface area contributed by atoms with Crippen molar-refractivity contribution < 1.29 is 9.90 Å². The molecule has 1 atom stereocenters. The Morgan fingerprint density at radius 1 is 1.05 bits per heavy atom. The topological polar surface area (TPSA) is 40.5 Å². The van der Waals surface area contributed by atoms with Gasteiger partial charge >= 0.3 is 5.97 Å². The van der Waals surface area contributed by atoms with E-state index in [1.54, 1.807) is 0 Å². The van der Waals surface area contributed by atoms with Gasteiger partial charge in [-0.05, 0) is 24.6 Å². The smallest absolute Gasteiger partial charge is 0.305 e. The van der Waals surface area contributed by atoms with E-state index < -0.39 is 5.97 Å². The number of carboxylic acid groups (broad SMARTS) is 1. The van der Waals surface area contributed by atoms with E-state index in [1.165, 1.54) is 5.56 Å². The summed E-state index contributed by atoms with van der Waals surface area (Å²) in [5.41, 5.74) is 2.23. The summed E-state index contributed by atoms with van der Waals surface area (Å²) < 4.78 is 0. The Labute approximate surface area is 119 Å². The van der Waals surface area contributed by atoms with Gasteiger partial charge in [0.05, 0.1) is 12.5 Å². The third-order valence-corrected chi connectivity index (χ3v) is 3.40. The predicted octanol–water partition coefficient (Wildman–Crippen LogP) is 3.73. The van der Waals surface area contributed by atoms with Crippen LogP contribution in [0, 0.1) is 0 Å². The van der Waals surface area contributed by atoms with Crippen LogP contribution < -0.4 is 4.90 Å². The van der Waals surface area contributed by atoms with Gasteiger partial charge in [-0.3, -0.25) is 4.79 Å². The van der Waals surface area contributed by atoms with Gasteiger partial charge in [0.1, 0.15) is 0 Å². The maximum Gasteiger partial charge on any atom is 0.305 e. The highest BCUT2D eigenvalue weighted by atomic mass is 16.4. The average molecular weight is 269 g/mol. The average Bonchev–Trinajstić information content (AvgIpc) is 2.49. The lowest BCUT2D eigenvalue weighted by Gasteiger charge is -2.31. The molecule has 0 aliphatic heterocycles. The Kier molecular flexibility index (Phi) is 4.77. The second-order valence-corrected chi connectivity index (χ2v) is 4.76. The quantitative estimate of drug-likeness (QED) is 0.868. The van der Waals surface area contributed by atoms with Gasteiger partial charge in [0.15, 0.2) is 0 Å². The van der Waals surface area contributed by atoms with Crippen molar-refractivity contribution in [1.82, 2.24) is 0 Å². The fourth-order valence-electron chi connectivity index (χ4n) is 2.29. The first-order chi connectivity index (χ1) is 9.68. The van der Waals surface area contributed by atoms with Crippen molar-refractivity contribution in [2.45, 2.75) is 19.4 Å². The monoisotopic (exact) mass is 269 g/mol. The molecule has 0 heterocycles. The van der Waals surface area contributed by atoms with Crippen molar-refractivity contribution in [2.75, 3.05) is 11.4 Å². The van der Waals surface area contributed by atoms with Crippen LogP contribution in [0.3, 0.4) is 0 Å². The Bertz CT molecular complexity index is 539. The van der Waals surface area contributed by atoms with Gasteiger partial charge in [-0.2, -0.15) is 0 Å². The third-order valence-electron chi connectivity index (χ3n) is 3.40. The molecule has 0 bridgehead atoms. The van der Waals surface area contributed by atoms with Gasteiger partial charge in [-0.25, -0.2) is 0 Å². The number of hydrogen-bond donors (Lipinski definition) is 1. The third kappa shape index (κ3) is 3.60. The van der Waals surface area contributed by atoms with E-state index in [-0.39, 0.29) is 12.5 Å². The molecule has 2 rings (SSSR count). The lowest BCUT2D eigenvalue weighted by Crippen LogP contribution is -2.29. The molecule has 0 fully saturated rings. The number of anilines is 1. The zero-order valence-corrected chi connectivity index (χ0v) is 11.6. The standard InChI is InChI=1S/C17H19NO2/c1-14(15-8-4-2-5-9-15)18(13-12-17(19)20)16-10-6-3-7-11-16/h2-11,14H,12-13H2,1H3,(H,19,20). The van der Waals surface area contributed by atoms with Crippen LogP contribution in [0.2, 0.25) is 0 Å². The van der Waals surface area contributed by atoms with Crippen molar-refractivity contribution in [3.8, 4) is 0 Å². The molecule has 0 aromatic heterocycles. The summed E-state index contributed by atoms with van der Waals surface area (Å²) in [6, 6.07) is 20.2. The highest BCUT2D eigenvalue weighted by Crippen LogP contribution is 2.26. The lowest BCUT2D eigenvalue weighted by atomic mass is 10.1. The zero-order valence-electron chi connectivity index (χ0n) is 11.6. The summed E-state index contributed by atoms with van der Waals surface area (Å²) in [6.45, 7) is 2.60. The first-order valence-electron chi connectivity index (χ1n) is 6.77. The van der Waals surface area contributed by atoms with Crippen molar-refractivity contribution in [1.29, 1.82) is 0 Å². The van der Waals surface area contributed by atoms with E-state index >= 15 is 0 Å². The molecular formula is C17H19NO2. The van der Waals surface area contributed by atoms with E-state index in [0.29, 0.717) is 6.54 Å². The number of hydrogen-bond acceptors (Lipinski definition) is 2. The molecule has 1 unspecified atom stereocenters. The molecule has 0 amide bonds. The molecule has 3 nitrogen and oxygen atoms in total. The molecule has 2 aromatic carbocycles. The fraction of sp³-hybridized carbons (Fsp3) is 0.235. The van der Waals surface area contributed by atoms with Gasteiger partial charge in [-0.1, -0.05) is 48.5 Å². The fourth-order valence-corrected chi connectivity index (χ4v) is 2.29. The molecule has 0 aliphatic rings. The minimum atomic E-state index is -0.772. The Morgan fingerprint density at radius 3 is 2.15 bits per heavy atom. The maximum absolute atomic E-state index is 10.9. The number of benzene rings is 2. The molecule has 0 radical (unpaired) electrons. The van der Waals surface area contributed by atoms with Crippen molar-refractivity contribution in [3.63, 3.8) is 0 Å². The van der Waals surface area contributed by atoms with Gasteiger partial charge in [0.2, 0.25) is 0 Å². The Morgan fingerprint density at radius 2 is 1.60 bits per heavy atom. The normalized spacial score (nSPS) is 11.8. The summed E-state index contributed by atoms with van der Waals surface area (Å²) >= 11 is 0. The van der Waals surface area contributed by atoms with Crippen LogP contribution in [-0.4, -0.2) is 17.6 Å². The summed E-state index contributed by atoms with van der Waals surface area (Å²) in [7, 11) is 0. The van der Waals surface area contributed by atoms with E-state index in [0.717, 1.165) is 5.69 Å². The van der Waals surface area contributed by atoms with E-state index in [9.17, 15) is 4.79 Å². The van der Waals surface area contributed by atoms with Gasteiger partial charge in [0.25, 0.3) is 0 Å². The number of carbonyl (C=O) groups is 1. The van der Waals surface area contributed by atoms with Crippen molar-refractivity contribution in [3.05, 3.63) is 66.2 Å². The molecule has 0 spiro atoms. The first-order valence-corrected chi connectivity index (χ1v) is 6.77. The summed E-state index contributed by atoms with van der Waals surface area (Å²) in [4.78, 5) is 13.0. The molecule has 2 aromatic rings. The zero-order chi connectivity index (χ0) is 14.4. The molecule has 1 N–H and O–H groups in total. The first kappa shape index (κ1) is 14.1. The summed E-state index contributed by atoms with van der Waals surface area (Å²) in [5, 5.41) is 8.93. The largest absolute Gasteiger partial charge is 0.481 e. The van der Waals surface area contributed by atoms with E-state index in [1.807, 2.05) is 48.5 Å². The molecule has 3 heteroatoms. The predicted molar refractivity (Wildman–Crippen MR) is 80.9 cm³/mol. The summed E-state index contributed by atoms with van der Waals surface area (Å²) in [5.74, 6) is -0.772. The lowest BCUT2D eigenvalue weighted by molar-refractivity contribution is -0.136. The van der Waals surface area contributed by atoms with E-state index in [4.69, 9.17) is 5.11 Å². The van der Waals surface area contributed by atoms with Gasteiger partial charge in [0, 0.05) is 12.2 Å². The van der Waals surface area contributed by atoms with Crippen LogP contribution in [0.15, 0.2) is 60.7 Å². The molecule has 0 saturated heterocycles. The number of nitrogens with zero attached hydrogens (tertiary/aromatic N) is 1. The van der Waals surface area contributed by atoms with Crippen LogP contribution in [0.25, 0.3) is 0 Å². The number of rotatable bonds is 6. The minimum absolute atomic E-state index is 0.131. The van der Waals surface area contributed by atoms with Gasteiger partial charge in [-0.15, -0.1) is 0 Å². The summed E-state index contributed by atoms with van der Waals surface area (Å²) in [6.07, 6.45) is 0.131. The molecule has 0 saturated carbocycles. The van der Waals surface area contributed by atoms with Crippen molar-refractivity contribution >= 4 is 11.7 Å². The second kappa shape index (κ2) is 6.75. The Hall–Kier alpha value is -2.29. The maximum atomic E-state index is 10.9. The van der Waals surface area contributed by atoms with E-state index in [2.05, 4.69) is 24.0 Å². The van der Waals surface area contributed by atoms with Crippen LogP contribution in [0.4, 0.5) is 5.69 Å². The molecular weight excluding hydrogens is 250 g/mol. The SMILES string of the molecule is CC(c1ccccc1)N(CCC(=O)O)c1ccccc1. The van der Waals surface area contributed by atoms with Crippen LogP contribution in [0.5, 0.6) is 0 Å². The highest BCUT2D eigenvalue weighted by Gasteiger charge is 2.16. The van der Waals surface area contributed by atoms with Crippen LogP contribution >= 0.6 is 0 Å². The van der Waals surface area contributed by atoms with Crippen LogP contribution in [-0.2, 0) is 4.79 Å². The molecule has 20 heavy (non-hydrogen) atoms. The highest BCUT2D eigenvalue weighted by molar-refractivity contribution is 5.67. The molecule has 0 aliphatic carbocycles. The minimum Gasteiger partial charge on any atom is -0.481 e. The number of aliphatic carboxylic acids is 1. The second-order valence-electron chi connectivity index (χ2n) is 4.76. The van der Waals surface area contributed by atoms with Crippen molar-refractivity contribution in [2.24, 2.45) is 0 Å². The Balaban J connectivity index is 2.24. The molecule has 104 valence electrons. The number of para-hydroxylation sites is 1. The number of carboxylic acids is 1. The van der Waals surface area contributed by atoms with Crippen LogP contribution in [0.1, 0.15) is 24.9 Å².